The van der Waals surface area contributed by atoms with Crippen LogP contribution in [0.15, 0.2) is 71.2 Å². The van der Waals surface area contributed by atoms with Crippen molar-refractivity contribution in [2.45, 2.75) is 51.2 Å². The predicted octanol–water partition coefficient (Wildman–Crippen LogP) is 7.31. The summed E-state index contributed by atoms with van der Waals surface area (Å²) >= 11 is 1.97. The molecule has 1 aromatic carbocycles. The minimum Gasteiger partial charge on any atom is -0.114 e. The zero-order chi connectivity index (χ0) is 17.8. The molecule has 0 N–H and O–H groups in total. The molecule has 3 rings (SSSR count). The summed E-state index contributed by atoms with van der Waals surface area (Å²) in [6.45, 7) is 13.2. The number of benzene rings is 1. The van der Waals surface area contributed by atoms with Crippen molar-refractivity contribution in [1.82, 2.24) is 0 Å². The van der Waals surface area contributed by atoms with Gasteiger partial charge < -0.3 is 0 Å². The van der Waals surface area contributed by atoms with Crippen LogP contribution in [0.4, 0.5) is 0 Å². The number of hydrogen-bond donors (Lipinski definition) is 0. The van der Waals surface area contributed by atoms with Crippen LogP contribution >= 0.6 is 11.8 Å². The van der Waals surface area contributed by atoms with E-state index in [0.29, 0.717) is 5.92 Å². The molecule has 1 aliphatic heterocycles. The first-order valence-electron chi connectivity index (χ1n) is 8.99. The largest absolute Gasteiger partial charge is 0.114 e. The molecule has 0 radical (unpaired) electrons. The van der Waals surface area contributed by atoms with E-state index < -0.39 is 0 Å². The molecule has 0 fully saturated rings. The molecule has 1 heterocycles. The molecular weight excluding hydrogens is 308 g/mol. The third kappa shape index (κ3) is 3.62. The summed E-state index contributed by atoms with van der Waals surface area (Å²) in [5, 5.41) is 0. The van der Waals surface area contributed by atoms with E-state index in [2.05, 4.69) is 94.5 Å². The van der Waals surface area contributed by atoms with Gasteiger partial charge in [0.2, 0.25) is 0 Å². The van der Waals surface area contributed by atoms with Crippen molar-refractivity contribution in [3.8, 4) is 0 Å². The molecule has 1 aromatic rings. The summed E-state index contributed by atoms with van der Waals surface area (Å²) in [4.78, 5) is 1.37. The van der Waals surface area contributed by atoms with Crippen LogP contribution in [0.25, 0.3) is 6.08 Å². The first-order chi connectivity index (χ1) is 11.4. The van der Waals surface area contributed by atoms with Crippen molar-refractivity contribution in [3.63, 3.8) is 0 Å². The Bertz CT molecular complexity index is 690. The van der Waals surface area contributed by atoms with Crippen LogP contribution in [0, 0.1) is 11.3 Å². The molecule has 0 saturated heterocycles. The monoisotopic (exact) mass is 338 g/mol. The molecule has 2 unspecified atom stereocenters. The molecule has 24 heavy (non-hydrogen) atoms. The number of rotatable bonds is 2. The van der Waals surface area contributed by atoms with Gasteiger partial charge >= 0.3 is 0 Å². The van der Waals surface area contributed by atoms with E-state index in [9.17, 15) is 0 Å². The third-order valence-corrected chi connectivity index (χ3v) is 6.50. The second-order valence-electron chi connectivity index (χ2n) is 6.88. The van der Waals surface area contributed by atoms with Crippen molar-refractivity contribution in [2.75, 3.05) is 0 Å². The molecule has 0 nitrogen and oxygen atoms in total. The quantitative estimate of drug-likeness (QED) is 0.545. The summed E-state index contributed by atoms with van der Waals surface area (Å²) < 4.78 is 0.0224. The zero-order valence-electron chi connectivity index (χ0n) is 15.8. The predicted molar refractivity (Wildman–Crippen MR) is 110 cm³/mol. The Labute approximate surface area is 152 Å². The lowest BCUT2D eigenvalue weighted by Gasteiger charge is -2.42. The second-order valence-corrected chi connectivity index (χ2v) is 8.37. The maximum Gasteiger partial charge on any atom is 0.0484 e. The van der Waals surface area contributed by atoms with E-state index in [1.807, 2.05) is 25.6 Å². The van der Waals surface area contributed by atoms with Gasteiger partial charge in [0.25, 0.3) is 0 Å². The van der Waals surface area contributed by atoms with E-state index in [0.717, 1.165) is 0 Å². The standard InChI is InChI=1S/C21H24S.C2H6/c1-16(2)17-9-7-13-20(3,14-11-17)21(4)15-12-18-8-5-6-10-19(18)22-21;1-2/h5-16H,1-4H3;1-2H3. The van der Waals surface area contributed by atoms with E-state index in [1.165, 1.54) is 16.0 Å². The van der Waals surface area contributed by atoms with Gasteiger partial charge in [-0.2, -0.15) is 0 Å². The van der Waals surface area contributed by atoms with Gasteiger partial charge in [0.05, 0.1) is 0 Å². The highest BCUT2D eigenvalue weighted by Gasteiger charge is 2.42. The fourth-order valence-corrected chi connectivity index (χ4v) is 4.32. The molecule has 0 aromatic heterocycles. The fraction of sp³-hybridized carbons (Fsp3) is 0.391. The molecule has 2 aliphatic rings. The first kappa shape index (κ1) is 18.9. The maximum absolute atomic E-state index is 2.38. The average molecular weight is 339 g/mol. The van der Waals surface area contributed by atoms with Crippen LogP contribution in [-0.2, 0) is 0 Å². The third-order valence-electron chi connectivity index (χ3n) is 4.91. The fourth-order valence-electron chi connectivity index (χ4n) is 2.97. The van der Waals surface area contributed by atoms with Crippen LogP contribution in [0.1, 0.15) is 47.1 Å². The van der Waals surface area contributed by atoms with Crippen LogP contribution in [0.2, 0.25) is 0 Å². The normalized spacial score (nSPS) is 27.9. The molecule has 0 saturated carbocycles. The van der Waals surface area contributed by atoms with Crippen LogP contribution in [-0.4, -0.2) is 4.75 Å². The van der Waals surface area contributed by atoms with Gasteiger partial charge in [-0.15, -0.1) is 11.8 Å². The molecule has 0 bridgehead atoms. The average Bonchev–Trinajstić information content (AvgIpc) is 2.80. The highest BCUT2D eigenvalue weighted by Crippen LogP contribution is 2.52. The second kappa shape index (κ2) is 7.61. The lowest BCUT2D eigenvalue weighted by Crippen LogP contribution is -2.37. The molecule has 2 atom stereocenters. The van der Waals surface area contributed by atoms with Crippen molar-refractivity contribution in [2.24, 2.45) is 11.3 Å². The minimum atomic E-state index is -0.00512. The summed E-state index contributed by atoms with van der Waals surface area (Å²) in [6, 6.07) is 8.66. The van der Waals surface area contributed by atoms with Crippen molar-refractivity contribution in [3.05, 3.63) is 71.9 Å². The van der Waals surface area contributed by atoms with Crippen LogP contribution in [0.3, 0.4) is 0 Å². The lowest BCUT2D eigenvalue weighted by atomic mass is 9.76. The zero-order valence-corrected chi connectivity index (χ0v) is 16.7. The summed E-state index contributed by atoms with van der Waals surface area (Å²) in [7, 11) is 0. The van der Waals surface area contributed by atoms with Crippen molar-refractivity contribution in [1.29, 1.82) is 0 Å². The van der Waals surface area contributed by atoms with Gasteiger partial charge in [-0.1, -0.05) is 95.3 Å². The molecular formula is C23H30S. The summed E-state index contributed by atoms with van der Waals surface area (Å²) in [5.41, 5.74) is 2.72. The number of thioether (sulfide) groups is 1. The molecule has 0 amide bonds. The van der Waals surface area contributed by atoms with Gasteiger partial charge in [0.1, 0.15) is 0 Å². The Hall–Kier alpha value is -1.47. The Kier molecular flexibility index (Phi) is 5.98. The van der Waals surface area contributed by atoms with Crippen molar-refractivity contribution >= 4 is 17.8 Å². The number of allylic oxidation sites excluding steroid dienone is 6. The maximum atomic E-state index is 2.38. The van der Waals surface area contributed by atoms with Gasteiger partial charge in [0.15, 0.2) is 0 Å². The SMILES string of the molecule is CC.CC(C)C1=CC=CC(C)(C2(C)C=Cc3ccccc3S2)C=C1. The van der Waals surface area contributed by atoms with E-state index >= 15 is 0 Å². The molecule has 0 spiro atoms. The topological polar surface area (TPSA) is 0 Å². The number of fused-ring (bicyclic) bond motifs is 1. The van der Waals surface area contributed by atoms with E-state index in [4.69, 9.17) is 0 Å². The smallest absolute Gasteiger partial charge is 0.0484 e. The minimum absolute atomic E-state index is 0.00512. The molecule has 1 heteroatoms. The Morgan fingerprint density at radius 2 is 1.62 bits per heavy atom. The van der Waals surface area contributed by atoms with Gasteiger partial charge in [0, 0.05) is 15.1 Å². The summed E-state index contributed by atoms with van der Waals surface area (Å²) in [6.07, 6.45) is 16.2. The molecule has 128 valence electrons. The highest BCUT2D eigenvalue weighted by molar-refractivity contribution is 8.01. The Balaban J connectivity index is 0.00000100. The highest BCUT2D eigenvalue weighted by atomic mass is 32.2. The Morgan fingerprint density at radius 1 is 0.917 bits per heavy atom. The van der Waals surface area contributed by atoms with E-state index in [-0.39, 0.29) is 10.2 Å². The van der Waals surface area contributed by atoms with Gasteiger partial charge in [-0.05, 0) is 30.0 Å². The lowest BCUT2D eigenvalue weighted by molar-refractivity contribution is 0.464. The number of hydrogen-bond acceptors (Lipinski definition) is 1. The van der Waals surface area contributed by atoms with E-state index in [1.54, 1.807) is 0 Å². The van der Waals surface area contributed by atoms with Gasteiger partial charge in [-0.25, -0.2) is 0 Å². The molecule has 1 aliphatic carbocycles. The van der Waals surface area contributed by atoms with Crippen LogP contribution < -0.4 is 0 Å². The first-order valence-corrected chi connectivity index (χ1v) is 9.81. The van der Waals surface area contributed by atoms with Crippen molar-refractivity contribution < 1.29 is 0 Å². The van der Waals surface area contributed by atoms with Gasteiger partial charge in [-0.3, -0.25) is 0 Å². The Morgan fingerprint density at radius 3 is 2.33 bits per heavy atom. The summed E-state index contributed by atoms with van der Waals surface area (Å²) in [5.74, 6) is 0.561. The van der Waals surface area contributed by atoms with Crippen LogP contribution in [0.5, 0.6) is 0 Å².